The largest absolute Gasteiger partial charge is 0.495 e. The monoisotopic (exact) mass is 359 g/mol. The summed E-state index contributed by atoms with van der Waals surface area (Å²) in [5.41, 5.74) is 1.29. The molecule has 1 aromatic carbocycles. The van der Waals surface area contributed by atoms with Crippen LogP contribution in [-0.2, 0) is 0 Å². The lowest BCUT2D eigenvalue weighted by atomic mass is 10.2. The van der Waals surface area contributed by atoms with Crippen LogP contribution in [0.15, 0.2) is 47.2 Å². The van der Waals surface area contributed by atoms with E-state index in [4.69, 9.17) is 25.6 Å². The Hall–Kier alpha value is -3.06. The Bertz CT molecular complexity index is 896. The zero-order chi connectivity index (χ0) is 17.8. The number of ether oxygens (including phenoxy) is 2. The van der Waals surface area contributed by atoms with E-state index in [9.17, 15) is 4.79 Å². The number of hydrogen-bond donors (Lipinski definition) is 1. The minimum absolute atomic E-state index is 0.126. The summed E-state index contributed by atoms with van der Waals surface area (Å²) in [7, 11) is 2.98. The number of aromatic nitrogens is 2. The second-order valence-corrected chi connectivity index (χ2v) is 5.36. The molecule has 0 unspecified atom stereocenters. The average Bonchev–Trinajstić information content (AvgIpc) is 3.13. The molecule has 0 aliphatic carbocycles. The summed E-state index contributed by atoms with van der Waals surface area (Å²) >= 11 is 6.10. The van der Waals surface area contributed by atoms with E-state index in [-0.39, 0.29) is 5.69 Å². The number of anilines is 1. The zero-order valence-corrected chi connectivity index (χ0v) is 14.2. The van der Waals surface area contributed by atoms with Gasteiger partial charge >= 0.3 is 0 Å². The maximum absolute atomic E-state index is 12.4. The fourth-order valence-corrected chi connectivity index (χ4v) is 2.42. The number of carbonyl (C=O) groups excluding carboxylic acids is 1. The molecule has 0 saturated heterocycles. The van der Waals surface area contributed by atoms with Crippen LogP contribution in [0, 0.1) is 0 Å². The van der Waals surface area contributed by atoms with Crippen molar-refractivity contribution in [3.63, 3.8) is 0 Å². The summed E-state index contributed by atoms with van der Waals surface area (Å²) in [5, 5.41) is 6.83. The number of rotatable bonds is 5. The predicted octanol–water partition coefficient (Wildman–Crippen LogP) is 3.66. The van der Waals surface area contributed by atoms with Gasteiger partial charge in [-0.25, -0.2) is 0 Å². The summed E-state index contributed by atoms with van der Waals surface area (Å²) in [4.78, 5) is 16.3. The third-order valence-corrected chi connectivity index (χ3v) is 3.73. The Morgan fingerprint density at radius 1 is 1.12 bits per heavy atom. The van der Waals surface area contributed by atoms with E-state index in [1.54, 1.807) is 42.7 Å². The molecule has 0 atom stereocenters. The van der Waals surface area contributed by atoms with E-state index in [1.165, 1.54) is 14.2 Å². The fraction of sp³-hybridized carbons (Fsp3) is 0.118. The van der Waals surface area contributed by atoms with Crippen LogP contribution in [0.2, 0.25) is 5.02 Å². The Morgan fingerprint density at radius 3 is 2.52 bits per heavy atom. The smallest absolute Gasteiger partial charge is 0.277 e. The number of benzene rings is 1. The number of nitrogens with one attached hydrogen (secondary N) is 1. The minimum Gasteiger partial charge on any atom is -0.495 e. The van der Waals surface area contributed by atoms with E-state index in [1.807, 2.05) is 0 Å². The van der Waals surface area contributed by atoms with Gasteiger partial charge in [0, 0.05) is 30.1 Å². The van der Waals surface area contributed by atoms with Crippen LogP contribution in [-0.4, -0.2) is 30.3 Å². The normalized spacial score (nSPS) is 10.4. The van der Waals surface area contributed by atoms with Crippen molar-refractivity contribution < 1.29 is 18.8 Å². The molecule has 3 rings (SSSR count). The van der Waals surface area contributed by atoms with Gasteiger partial charge in [-0.1, -0.05) is 16.8 Å². The molecule has 0 fully saturated rings. The number of amides is 1. The van der Waals surface area contributed by atoms with Crippen LogP contribution < -0.4 is 14.8 Å². The maximum Gasteiger partial charge on any atom is 0.277 e. The fourth-order valence-electron chi connectivity index (χ4n) is 2.18. The molecule has 3 aromatic rings. The molecule has 128 valence electrons. The minimum atomic E-state index is -0.455. The van der Waals surface area contributed by atoms with Gasteiger partial charge in [-0.05, 0) is 18.2 Å². The highest BCUT2D eigenvalue weighted by atomic mass is 35.5. The first-order valence-electron chi connectivity index (χ1n) is 7.22. The summed E-state index contributed by atoms with van der Waals surface area (Å²) in [6.07, 6.45) is 3.25. The molecule has 1 N–H and O–H groups in total. The molecular weight excluding hydrogens is 346 g/mol. The molecule has 1 amide bonds. The molecule has 0 saturated carbocycles. The first-order chi connectivity index (χ1) is 12.1. The van der Waals surface area contributed by atoms with Crippen LogP contribution >= 0.6 is 11.6 Å². The van der Waals surface area contributed by atoms with Crippen LogP contribution in [0.5, 0.6) is 11.5 Å². The Labute approximate surface area is 148 Å². The summed E-state index contributed by atoms with van der Waals surface area (Å²) in [6, 6.07) is 8.19. The first kappa shape index (κ1) is 16.8. The molecule has 0 spiro atoms. The topological polar surface area (TPSA) is 86.5 Å². The molecule has 0 aliphatic rings. The lowest BCUT2D eigenvalue weighted by Crippen LogP contribution is -2.13. The van der Waals surface area contributed by atoms with E-state index < -0.39 is 5.91 Å². The number of pyridine rings is 1. The molecule has 0 aliphatic heterocycles. The summed E-state index contributed by atoms with van der Waals surface area (Å²) in [6.45, 7) is 0. The Kier molecular flexibility index (Phi) is 4.85. The SMILES string of the molecule is COc1cc(OC)c(NC(=O)c2cc(-c3ccncc3)on2)cc1Cl. The molecule has 25 heavy (non-hydrogen) atoms. The van der Waals surface area contributed by atoms with Crippen LogP contribution in [0.1, 0.15) is 10.5 Å². The lowest BCUT2D eigenvalue weighted by molar-refractivity contribution is 0.101. The van der Waals surface area contributed by atoms with Crippen molar-refractivity contribution in [3.8, 4) is 22.8 Å². The van der Waals surface area contributed by atoms with Gasteiger partial charge in [0.05, 0.1) is 24.9 Å². The molecule has 0 radical (unpaired) electrons. The summed E-state index contributed by atoms with van der Waals surface area (Å²) in [5.74, 6) is 0.862. The molecule has 8 heteroatoms. The van der Waals surface area contributed by atoms with Crippen molar-refractivity contribution >= 4 is 23.2 Å². The lowest BCUT2D eigenvalue weighted by Gasteiger charge is -2.12. The second kappa shape index (κ2) is 7.23. The number of methoxy groups -OCH3 is 2. The van der Waals surface area contributed by atoms with E-state index in [2.05, 4.69) is 15.5 Å². The number of carbonyl (C=O) groups is 1. The van der Waals surface area contributed by atoms with Crippen LogP contribution in [0.3, 0.4) is 0 Å². The molecule has 7 nitrogen and oxygen atoms in total. The average molecular weight is 360 g/mol. The Morgan fingerprint density at radius 2 is 1.84 bits per heavy atom. The van der Waals surface area contributed by atoms with Crippen molar-refractivity contribution in [3.05, 3.63) is 53.4 Å². The van der Waals surface area contributed by atoms with Gasteiger partial charge in [-0.2, -0.15) is 0 Å². The first-order valence-corrected chi connectivity index (χ1v) is 7.60. The van der Waals surface area contributed by atoms with E-state index >= 15 is 0 Å². The van der Waals surface area contributed by atoms with Crippen molar-refractivity contribution in [1.82, 2.24) is 10.1 Å². The van der Waals surface area contributed by atoms with Crippen LogP contribution in [0.4, 0.5) is 5.69 Å². The highest BCUT2D eigenvalue weighted by Crippen LogP contribution is 2.36. The van der Waals surface area contributed by atoms with Crippen molar-refractivity contribution in [1.29, 1.82) is 0 Å². The Balaban J connectivity index is 1.84. The predicted molar refractivity (Wildman–Crippen MR) is 92.2 cm³/mol. The van der Waals surface area contributed by atoms with Gasteiger partial charge in [-0.3, -0.25) is 9.78 Å². The van der Waals surface area contributed by atoms with Gasteiger partial charge in [-0.15, -0.1) is 0 Å². The number of nitrogens with zero attached hydrogens (tertiary/aromatic N) is 2. The second-order valence-electron chi connectivity index (χ2n) is 4.95. The summed E-state index contributed by atoms with van der Waals surface area (Å²) < 4.78 is 15.6. The van der Waals surface area contributed by atoms with Gasteiger partial charge in [0.25, 0.3) is 5.91 Å². The highest BCUT2D eigenvalue weighted by molar-refractivity contribution is 6.32. The third-order valence-electron chi connectivity index (χ3n) is 3.43. The quantitative estimate of drug-likeness (QED) is 0.748. The van der Waals surface area contributed by atoms with E-state index in [0.717, 1.165) is 5.56 Å². The third kappa shape index (κ3) is 3.56. The van der Waals surface area contributed by atoms with Crippen molar-refractivity contribution in [2.75, 3.05) is 19.5 Å². The molecule has 0 bridgehead atoms. The van der Waals surface area contributed by atoms with Gasteiger partial charge in [0.1, 0.15) is 11.5 Å². The van der Waals surface area contributed by atoms with Gasteiger partial charge in [0.2, 0.25) is 0 Å². The zero-order valence-electron chi connectivity index (χ0n) is 13.4. The molecule has 2 aromatic heterocycles. The molecule has 2 heterocycles. The van der Waals surface area contributed by atoms with Crippen molar-refractivity contribution in [2.24, 2.45) is 0 Å². The van der Waals surface area contributed by atoms with Gasteiger partial charge < -0.3 is 19.3 Å². The van der Waals surface area contributed by atoms with Crippen molar-refractivity contribution in [2.45, 2.75) is 0 Å². The van der Waals surface area contributed by atoms with Crippen LogP contribution in [0.25, 0.3) is 11.3 Å². The van der Waals surface area contributed by atoms with Gasteiger partial charge in [0.15, 0.2) is 11.5 Å². The number of hydrogen-bond acceptors (Lipinski definition) is 6. The number of halogens is 1. The maximum atomic E-state index is 12.4. The molecular formula is C17H14ClN3O4. The standard InChI is InChI=1S/C17H14ClN3O4/c1-23-15-9-16(24-2)12(7-11(15)18)20-17(22)13-8-14(25-21-13)10-3-5-19-6-4-10/h3-9H,1-2H3,(H,20,22). The van der Waals surface area contributed by atoms with E-state index in [0.29, 0.717) is 28.0 Å². The highest BCUT2D eigenvalue weighted by Gasteiger charge is 2.17.